The molecule has 1 aliphatic heterocycles. The van der Waals surface area contributed by atoms with Crippen molar-refractivity contribution in [3.05, 3.63) is 35.0 Å². The normalized spacial score (nSPS) is 17.2. The average Bonchev–Trinajstić information content (AvgIpc) is 2.50. The number of benzene rings is 1. The number of halogens is 1. The summed E-state index contributed by atoms with van der Waals surface area (Å²) in [5.74, 6) is -1.76. The molecule has 6 heteroatoms. The van der Waals surface area contributed by atoms with E-state index in [0.717, 1.165) is 23.6 Å². The lowest BCUT2D eigenvalue weighted by Crippen LogP contribution is -2.24. The number of fused-ring (bicyclic) bond motifs is 1. The van der Waals surface area contributed by atoms with Gasteiger partial charge in [-0.2, -0.15) is 0 Å². The van der Waals surface area contributed by atoms with Gasteiger partial charge >= 0.3 is 5.97 Å². The summed E-state index contributed by atoms with van der Waals surface area (Å²) < 4.78 is 36.9. The summed E-state index contributed by atoms with van der Waals surface area (Å²) in [4.78, 5) is 11.1. The van der Waals surface area contributed by atoms with Crippen molar-refractivity contribution in [3.63, 3.8) is 0 Å². The van der Waals surface area contributed by atoms with Crippen molar-refractivity contribution in [3.8, 4) is 0 Å². The number of hydrogen-bond donors (Lipinski definition) is 1. The molecule has 1 aromatic rings. The van der Waals surface area contributed by atoms with Crippen LogP contribution in [-0.4, -0.2) is 19.5 Å². The molecule has 0 radical (unpaired) electrons. The van der Waals surface area contributed by atoms with Crippen LogP contribution in [0.15, 0.2) is 28.5 Å². The van der Waals surface area contributed by atoms with Crippen LogP contribution in [0.1, 0.15) is 19.4 Å². The molecule has 0 aromatic heterocycles. The minimum atomic E-state index is -3.68. The third kappa shape index (κ3) is 1.73. The van der Waals surface area contributed by atoms with Crippen molar-refractivity contribution < 1.29 is 22.7 Å². The molecule has 4 nitrogen and oxygen atoms in total. The highest BCUT2D eigenvalue weighted by Gasteiger charge is 2.40. The van der Waals surface area contributed by atoms with Crippen molar-refractivity contribution in [2.75, 3.05) is 0 Å². The first kappa shape index (κ1) is 12.8. The molecule has 0 amide bonds. The maximum absolute atomic E-state index is 13.2. The molecule has 1 N–H and O–H groups in total. The Morgan fingerprint density at radius 1 is 1.33 bits per heavy atom. The second-order valence-corrected chi connectivity index (χ2v) is 6.41. The number of sulfone groups is 1. The summed E-state index contributed by atoms with van der Waals surface area (Å²) >= 11 is 0. The predicted molar refractivity (Wildman–Crippen MR) is 63.0 cm³/mol. The number of carboxylic acid groups (broad SMARTS) is 1. The smallest absolute Gasteiger partial charge is 0.313 e. The van der Waals surface area contributed by atoms with Crippen LogP contribution in [0.5, 0.6) is 0 Å². The van der Waals surface area contributed by atoms with Gasteiger partial charge in [-0.25, -0.2) is 12.8 Å². The molecule has 2 rings (SSSR count). The van der Waals surface area contributed by atoms with Gasteiger partial charge in [0, 0.05) is 11.0 Å². The fraction of sp³-hybridized carbons (Fsp3) is 0.250. The molecule has 0 bridgehead atoms. The topological polar surface area (TPSA) is 71.4 Å². The zero-order chi connectivity index (χ0) is 13.7. The Morgan fingerprint density at radius 2 is 1.94 bits per heavy atom. The lowest BCUT2D eigenvalue weighted by molar-refractivity contribution is -0.143. The number of rotatable bonds is 2. The second-order valence-electron chi connectivity index (χ2n) is 4.65. The van der Waals surface area contributed by atoms with Crippen LogP contribution in [-0.2, 0) is 14.6 Å². The Balaban J connectivity index is 2.75. The van der Waals surface area contributed by atoms with Crippen molar-refractivity contribution in [2.45, 2.75) is 18.7 Å². The molecule has 0 saturated heterocycles. The summed E-state index contributed by atoms with van der Waals surface area (Å²) in [6.45, 7) is 2.77. The highest BCUT2D eigenvalue weighted by atomic mass is 32.2. The van der Waals surface area contributed by atoms with E-state index in [2.05, 4.69) is 0 Å². The van der Waals surface area contributed by atoms with Gasteiger partial charge in [-0.15, -0.1) is 0 Å². The lowest BCUT2D eigenvalue weighted by atomic mass is 9.81. The van der Waals surface area contributed by atoms with Crippen LogP contribution in [0.3, 0.4) is 0 Å². The van der Waals surface area contributed by atoms with E-state index in [4.69, 9.17) is 5.11 Å². The van der Waals surface area contributed by atoms with Gasteiger partial charge in [-0.05, 0) is 37.6 Å². The fourth-order valence-electron chi connectivity index (χ4n) is 1.84. The molecule has 1 aliphatic rings. The quantitative estimate of drug-likeness (QED) is 0.835. The van der Waals surface area contributed by atoms with Gasteiger partial charge in [0.05, 0.1) is 10.3 Å². The zero-order valence-electron chi connectivity index (χ0n) is 9.77. The number of carbonyl (C=O) groups is 1. The molecule has 0 saturated carbocycles. The molecule has 0 unspecified atom stereocenters. The lowest BCUT2D eigenvalue weighted by Gasteiger charge is -2.21. The van der Waals surface area contributed by atoms with E-state index in [-0.39, 0.29) is 16.0 Å². The molecule has 1 heterocycles. The fourth-order valence-corrected chi connectivity index (χ4v) is 3.43. The highest BCUT2D eigenvalue weighted by molar-refractivity contribution is 7.95. The van der Waals surface area contributed by atoms with Crippen molar-refractivity contribution in [2.24, 2.45) is 5.41 Å². The van der Waals surface area contributed by atoms with Crippen molar-refractivity contribution in [1.82, 2.24) is 0 Å². The third-order valence-electron chi connectivity index (χ3n) is 3.02. The summed E-state index contributed by atoms with van der Waals surface area (Å²) in [7, 11) is -3.68. The SMILES string of the molecule is CC(C)(C(=O)O)C1=CS(=O)(=O)c2ccc(F)cc21. The van der Waals surface area contributed by atoms with E-state index < -0.39 is 27.0 Å². The summed E-state index contributed by atoms with van der Waals surface area (Å²) in [6.07, 6.45) is 0. The Kier molecular flexibility index (Phi) is 2.59. The van der Waals surface area contributed by atoms with E-state index in [1.54, 1.807) is 0 Å². The Bertz CT molecular complexity index is 671. The Hall–Kier alpha value is -1.69. The molecule has 0 aliphatic carbocycles. The maximum Gasteiger partial charge on any atom is 0.313 e. The van der Waals surface area contributed by atoms with Gasteiger partial charge in [-0.1, -0.05) is 0 Å². The van der Waals surface area contributed by atoms with Crippen LogP contribution >= 0.6 is 0 Å². The average molecular weight is 270 g/mol. The highest BCUT2D eigenvalue weighted by Crippen LogP contribution is 2.43. The molecule has 0 atom stereocenters. The van der Waals surface area contributed by atoms with Crippen molar-refractivity contribution in [1.29, 1.82) is 0 Å². The van der Waals surface area contributed by atoms with E-state index in [9.17, 15) is 17.6 Å². The van der Waals surface area contributed by atoms with Crippen molar-refractivity contribution >= 4 is 21.4 Å². The molecule has 18 heavy (non-hydrogen) atoms. The Labute approximate surface area is 104 Å². The number of carboxylic acids is 1. The molecule has 96 valence electrons. The van der Waals surface area contributed by atoms with Gasteiger partial charge in [0.15, 0.2) is 0 Å². The molecule has 1 aromatic carbocycles. The minimum absolute atomic E-state index is 0.0479. The van der Waals surface area contributed by atoms with Crippen LogP contribution in [0.25, 0.3) is 5.57 Å². The predicted octanol–water partition coefficient (Wildman–Crippen LogP) is 2.06. The third-order valence-corrected chi connectivity index (χ3v) is 4.53. The summed E-state index contributed by atoms with van der Waals surface area (Å²) in [5.41, 5.74) is -1.17. The first-order chi connectivity index (χ1) is 8.16. The van der Waals surface area contributed by atoms with Gasteiger partial charge < -0.3 is 5.11 Å². The molecule has 0 fully saturated rings. The standard InChI is InChI=1S/C12H11FO4S/c1-12(2,11(14)15)9-6-18(16,17)10-4-3-7(13)5-8(9)10/h3-6H,1-2H3,(H,14,15). The molecule has 0 spiro atoms. The first-order valence-electron chi connectivity index (χ1n) is 5.17. The van der Waals surface area contributed by atoms with Gasteiger partial charge in [0.25, 0.3) is 0 Å². The second kappa shape index (κ2) is 3.65. The number of hydrogen-bond acceptors (Lipinski definition) is 3. The van der Waals surface area contributed by atoms with E-state index in [1.165, 1.54) is 13.8 Å². The minimum Gasteiger partial charge on any atom is -0.481 e. The zero-order valence-corrected chi connectivity index (χ0v) is 10.6. The number of aliphatic carboxylic acids is 1. The van der Waals surface area contributed by atoms with Gasteiger partial charge in [-0.3, -0.25) is 4.79 Å². The van der Waals surface area contributed by atoms with Crippen LogP contribution in [0.2, 0.25) is 0 Å². The molecular formula is C12H11FO4S. The van der Waals surface area contributed by atoms with E-state index in [1.807, 2.05) is 0 Å². The molecular weight excluding hydrogens is 259 g/mol. The van der Waals surface area contributed by atoms with Gasteiger partial charge in [0.2, 0.25) is 9.84 Å². The largest absolute Gasteiger partial charge is 0.481 e. The maximum atomic E-state index is 13.2. The Morgan fingerprint density at radius 3 is 2.50 bits per heavy atom. The van der Waals surface area contributed by atoms with E-state index in [0.29, 0.717) is 0 Å². The van der Waals surface area contributed by atoms with E-state index >= 15 is 0 Å². The van der Waals surface area contributed by atoms with Crippen LogP contribution < -0.4 is 0 Å². The first-order valence-corrected chi connectivity index (χ1v) is 6.71. The van der Waals surface area contributed by atoms with Gasteiger partial charge in [0.1, 0.15) is 5.82 Å². The monoisotopic (exact) mass is 270 g/mol. The summed E-state index contributed by atoms with van der Waals surface area (Å²) in [5, 5.41) is 10.0. The van der Waals surface area contributed by atoms with Crippen LogP contribution in [0.4, 0.5) is 4.39 Å². The summed E-state index contributed by atoms with van der Waals surface area (Å²) in [6, 6.07) is 3.25. The van der Waals surface area contributed by atoms with Crippen LogP contribution in [0, 0.1) is 11.2 Å².